The predicted octanol–water partition coefficient (Wildman–Crippen LogP) is 0.386. The largest absolute Gasteiger partial charge is 0.356 e. The zero-order chi connectivity index (χ0) is 12.6. The molecule has 5 nitrogen and oxygen atoms in total. The highest BCUT2D eigenvalue weighted by Crippen LogP contribution is 2.01. The zero-order valence-corrected chi connectivity index (χ0v) is 10.1. The second-order valence-electron chi connectivity index (χ2n) is 3.84. The van der Waals surface area contributed by atoms with Crippen LogP contribution in [0.1, 0.15) is 40.0 Å². The molecule has 0 fully saturated rings. The lowest BCUT2D eigenvalue weighted by molar-refractivity contribution is -0.125. The molecule has 0 radical (unpaired) electrons. The van der Waals surface area contributed by atoms with Crippen molar-refractivity contribution in [2.45, 2.75) is 46.1 Å². The van der Waals surface area contributed by atoms with Crippen molar-refractivity contribution in [3.8, 4) is 0 Å². The van der Waals surface area contributed by atoms with Crippen molar-refractivity contribution in [3.05, 3.63) is 0 Å². The first kappa shape index (κ1) is 14.6. The molecular formula is C11H20N2O3. The maximum Gasteiger partial charge on any atom is 0.217 e. The van der Waals surface area contributed by atoms with Crippen LogP contribution in [0.4, 0.5) is 0 Å². The molecule has 0 rings (SSSR count). The molecule has 16 heavy (non-hydrogen) atoms. The van der Waals surface area contributed by atoms with Gasteiger partial charge in [-0.2, -0.15) is 0 Å². The fourth-order valence-corrected chi connectivity index (χ4v) is 1.36. The first-order chi connectivity index (χ1) is 7.43. The van der Waals surface area contributed by atoms with Crippen molar-refractivity contribution >= 4 is 17.6 Å². The van der Waals surface area contributed by atoms with Crippen LogP contribution < -0.4 is 10.6 Å². The van der Waals surface area contributed by atoms with Gasteiger partial charge in [0.15, 0.2) is 5.78 Å². The summed E-state index contributed by atoms with van der Waals surface area (Å²) >= 11 is 0. The predicted molar refractivity (Wildman–Crippen MR) is 60.8 cm³/mol. The standard InChI is InChI=1S/C11H20N2O3/c1-8(14)11(13-10(3)16)6-4-5-7-12-9(2)15/h11H,4-7H2,1-3H3,(H,12,15)(H,13,16)/t11-/m0/s1. The number of hydrogen-bond donors (Lipinski definition) is 2. The van der Waals surface area contributed by atoms with Crippen LogP contribution in [0, 0.1) is 0 Å². The van der Waals surface area contributed by atoms with Crippen molar-refractivity contribution in [1.29, 1.82) is 0 Å². The highest BCUT2D eigenvalue weighted by atomic mass is 16.2. The van der Waals surface area contributed by atoms with Crippen LogP contribution in [0.2, 0.25) is 0 Å². The summed E-state index contributed by atoms with van der Waals surface area (Å²) < 4.78 is 0. The molecule has 0 aliphatic carbocycles. The molecule has 0 saturated heterocycles. The van der Waals surface area contributed by atoms with Gasteiger partial charge in [-0.25, -0.2) is 0 Å². The average molecular weight is 228 g/mol. The Balaban J connectivity index is 3.72. The van der Waals surface area contributed by atoms with E-state index < -0.39 is 6.04 Å². The summed E-state index contributed by atoms with van der Waals surface area (Å²) in [5, 5.41) is 5.28. The lowest BCUT2D eigenvalue weighted by atomic mass is 10.1. The van der Waals surface area contributed by atoms with Crippen LogP contribution in [-0.4, -0.2) is 30.2 Å². The molecular weight excluding hydrogens is 208 g/mol. The number of unbranched alkanes of at least 4 members (excludes halogenated alkanes) is 1. The number of rotatable bonds is 7. The van der Waals surface area contributed by atoms with E-state index in [0.29, 0.717) is 13.0 Å². The first-order valence-corrected chi connectivity index (χ1v) is 5.45. The quantitative estimate of drug-likeness (QED) is 0.619. The van der Waals surface area contributed by atoms with Gasteiger partial charge in [0, 0.05) is 20.4 Å². The molecule has 2 amide bonds. The Kier molecular flexibility index (Phi) is 7.16. The van der Waals surface area contributed by atoms with Crippen LogP contribution in [0.3, 0.4) is 0 Å². The van der Waals surface area contributed by atoms with Crippen LogP contribution in [0.25, 0.3) is 0 Å². The number of nitrogens with one attached hydrogen (secondary N) is 2. The summed E-state index contributed by atoms with van der Waals surface area (Å²) in [7, 11) is 0. The summed E-state index contributed by atoms with van der Waals surface area (Å²) in [6.45, 7) is 4.94. The number of hydrogen-bond acceptors (Lipinski definition) is 3. The van der Waals surface area contributed by atoms with E-state index in [0.717, 1.165) is 12.8 Å². The molecule has 0 saturated carbocycles. The lowest BCUT2D eigenvalue weighted by Gasteiger charge is -2.14. The van der Waals surface area contributed by atoms with Gasteiger partial charge in [-0.15, -0.1) is 0 Å². The van der Waals surface area contributed by atoms with E-state index in [1.54, 1.807) is 0 Å². The zero-order valence-electron chi connectivity index (χ0n) is 10.1. The van der Waals surface area contributed by atoms with E-state index in [1.807, 2.05) is 0 Å². The highest BCUT2D eigenvalue weighted by Gasteiger charge is 2.13. The topological polar surface area (TPSA) is 75.3 Å². The summed E-state index contributed by atoms with van der Waals surface area (Å²) in [5.41, 5.74) is 0. The maximum atomic E-state index is 11.2. The molecule has 0 bridgehead atoms. The van der Waals surface area contributed by atoms with Crippen LogP contribution in [0.5, 0.6) is 0 Å². The SMILES string of the molecule is CC(=O)NCCCC[C@H](NC(C)=O)C(C)=O. The molecule has 0 unspecified atom stereocenters. The molecule has 0 heterocycles. The van der Waals surface area contributed by atoms with Crippen molar-refractivity contribution in [1.82, 2.24) is 10.6 Å². The Morgan fingerprint density at radius 2 is 1.62 bits per heavy atom. The number of carbonyl (C=O) groups is 3. The van der Waals surface area contributed by atoms with Crippen LogP contribution in [-0.2, 0) is 14.4 Å². The Morgan fingerprint density at radius 1 is 1.00 bits per heavy atom. The summed E-state index contributed by atoms with van der Waals surface area (Å²) in [6, 6.07) is -0.394. The fourth-order valence-electron chi connectivity index (χ4n) is 1.36. The van der Waals surface area contributed by atoms with Gasteiger partial charge in [0.1, 0.15) is 0 Å². The maximum absolute atomic E-state index is 11.2. The molecule has 1 atom stereocenters. The fraction of sp³-hybridized carbons (Fsp3) is 0.727. The number of ketones is 1. The third kappa shape index (κ3) is 7.96. The molecule has 0 aliphatic rings. The average Bonchev–Trinajstić information content (AvgIpc) is 2.14. The Hall–Kier alpha value is -1.39. The normalized spacial score (nSPS) is 11.7. The van der Waals surface area contributed by atoms with Gasteiger partial charge in [0.2, 0.25) is 11.8 Å². The number of amides is 2. The number of carbonyl (C=O) groups excluding carboxylic acids is 3. The molecule has 5 heteroatoms. The van der Waals surface area contributed by atoms with Gasteiger partial charge in [-0.1, -0.05) is 0 Å². The third-order valence-corrected chi connectivity index (χ3v) is 2.16. The first-order valence-electron chi connectivity index (χ1n) is 5.45. The van der Waals surface area contributed by atoms with Gasteiger partial charge in [-0.3, -0.25) is 14.4 Å². The van der Waals surface area contributed by atoms with Crippen LogP contribution in [0.15, 0.2) is 0 Å². The molecule has 0 aromatic heterocycles. The molecule has 92 valence electrons. The van der Waals surface area contributed by atoms with Gasteiger partial charge < -0.3 is 10.6 Å². The summed E-state index contributed by atoms with van der Waals surface area (Å²) in [4.78, 5) is 32.6. The minimum Gasteiger partial charge on any atom is -0.356 e. The second-order valence-corrected chi connectivity index (χ2v) is 3.84. The minimum absolute atomic E-state index is 0.0327. The molecule has 0 spiro atoms. The van der Waals surface area contributed by atoms with Crippen molar-refractivity contribution in [3.63, 3.8) is 0 Å². The second kappa shape index (κ2) is 7.84. The van der Waals surface area contributed by atoms with E-state index in [9.17, 15) is 14.4 Å². The van der Waals surface area contributed by atoms with Gasteiger partial charge in [-0.05, 0) is 26.2 Å². The Bertz CT molecular complexity index is 264. The molecule has 0 aliphatic heterocycles. The highest BCUT2D eigenvalue weighted by molar-refractivity contribution is 5.86. The van der Waals surface area contributed by atoms with E-state index >= 15 is 0 Å². The van der Waals surface area contributed by atoms with E-state index in [1.165, 1.54) is 20.8 Å². The van der Waals surface area contributed by atoms with E-state index in [2.05, 4.69) is 10.6 Å². The Morgan fingerprint density at radius 3 is 2.06 bits per heavy atom. The smallest absolute Gasteiger partial charge is 0.217 e. The number of Topliss-reactive ketones (excluding diaryl/α,β-unsaturated/α-hetero) is 1. The van der Waals surface area contributed by atoms with Crippen molar-refractivity contribution in [2.75, 3.05) is 6.54 Å². The van der Waals surface area contributed by atoms with E-state index in [4.69, 9.17) is 0 Å². The van der Waals surface area contributed by atoms with Crippen molar-refractivity contribution in [2.24, 2.45) is 0 Å². The van der Waals surface area contributed by atoms with E-state index in [-0.39, 0.29) is 17.6 Å². The summed E-state index contributed by atoms with van der Waals surface area (Å²) in [6.07, 6.45) is 2.22. The van der Waals surface area contributed by atoms with Gasteiger partial charge >= 0.3 is 0 Å². The molecule has 0 aromatic carbocycles. The molecule has 0 aromatic rings. The van der Waals surface area contributed by atoms with Gasteiger partial charge in [0.25, 0.3) is 0 Å². The minimum atomic E-state index is -0.394. The summed E-state index contributed by atoms with van der Waals surface area (Å²) in [5.74, 6) is -0.276. The van der Waals surface area contributed by atoms with Crippen LogP contribution >= 0.6 is 0 Å². The lowest BCUT2D eigenvalue weighted by Crippen LogP contribution is -2.38. The third-order valence-electron chi connectivity index (χ3n) is 2.16. The molecule has 2 N–H and O–H groups in total. The monoisotopic (exact) mass is 228 g/mol. The van der Waals surface area contributed by atoms with Gasteiger partial charge in [0.05, 0.1) is 6.04 Å². The Labute approximate surface area is 96.0 Å². The van der Waals surface area contributed by atoms with Crippen molar-refractivity contribution < 1.29 is 14.4 Å².